The quantitative estimate of drug-likeness (QED) is 0.872. The van der Waals surface area contributed by atoms with Gasteiger partial charge in [-0.3, -0.25) is 0 Å². The van der Waals surface area contributed by atoms with Crippen LogP contribution in [0.15, 0.2) is 30.3 Å². The Morgan fingerprint density at radius 2 is 1.90 bits per heavy atom. The molecule has 1 aromatic carbocycles. The van der Waals surface area contributed by atoms with Crippen LogP contribution >= 0.6 is 0 Å². The number of carbonyl (C=O) groups excluding carboxylic acids is 1. The van der Waals surface area contributed by atoms with Crippen LogP contribution < -0.4 is 5.11 Å². The van der Waals surface area contributed by atoms with Gasteiger partial charge in [0.25, 0.3) is 0 Å². The third kappa shape index (κ3) is 2.34. The summed E-state index contributed by atoms with van der Waals surface area (Å²) in [6, 6.07) is 8.92. The molecule has 4 nitrogen and oxygen atoms in total. The van der Waals surface area contributed by atoms with E-state index in [2.05, 4.69) is 11.8 Å². The minimum absolute atomic E-state index is 0.445. The van der Waals surface area contributed by atoms with Gasteiger partial charge in [-0.15, -0.1) is 0 Å². The lowest BCUT2D eigenvalue weighted by Crippen LogP contribution is -2.63. The third-order valence-electron chi connectivity index (χ3n) is 4.82. The molecule has 0 saturated carbocycles. The molecule has 20 heavy (non-hydrogen) atoms. The number of benzene rings is 1. The molecule has 1 fully saturated rings. The van der Waals surface area contributed by atoms with Gasteiger partial charge in [0, 0.05) is 13.1 Å². The molecule has 1 aromatic rings. The van der Waals surface area contributed by atoms with E-state index in [4.69, 9.17) is 0 Å². The number of hydrogen-bond acceptors (Lipinski definition) is 4. The molecule has 1 aliphatic heterocycles. The van der Waals surface area contributed by atoms with Gasteiger partial charge < -0.3 is 19.9 Å². The first kappa shape index (κ1) is 15.0. The molecule has 110 valence electrons. The Morgan fingerprint density at radius 1 is 1.35 bits per heavy atom. The van der Waals surface area contributed by atoms with Crippen LogP contribution in [-0.2, 0) is 10.2 Å². The fourth-order valence-corrected chi connectivity index (χ4v) is 3.09. The van der Waals surface area contributed by atoms with Crippen molar-refractivity contribution in [3.8, 4) is 0 Å². The number of aliphatic hydroxyl groups is 1. The van der Waals surface area contributed by atoms with E-state index in [9.17, 15) is 15.0 Å². The second-order valence-electron chi connectivity index (χ2n) is 5.74. The first-order chi connectivity index (χ1) is 9.44. The number of carbonyl (C=O) groups is 1. The SMILES string of the molecule is CCN1CCC(O)(C(C)(C(=O)[O-])c2ccccc2)CC1. The largest absolute Gasteiger partial charge is 0.549 e. The predicted molar refractivity (Wildman–Crippen MR) is 75.1 cm³/mol. The Balaban J connectivity index is 2.36. The van der Waals surface area contributed by atoms with E-state index >= 15 is 0 Å². The molecule has 1 aliphatic rings. The van der Waals surface area contributed by atoms with E-state index < -0.39 is 17.0 Å². The summed E-state index contributed by atoms with van der Waals surface area (Å²) in [6.07, 6.45) is 0.889. The molecular formula is C16H22NO3-. The Morgan fingerprint density at radius 3 is 2.35 bits per heavy atom. The summed E-state index contributed by atoms with van der Waals surface area (Å²) in [4.78, 5) is 14.0. The van der Waals surface area contributed by atoms with E-state index in [1.54, 1.807) is 31.2 Å². The van der Waals surface area contributed by atoms with Gasteiger partial charge in [-0.05, 0) is 31.9 Å². The molecule has 4 heteroatoms. The smallest absolute Gasteiger partial charge is 0.0817 e. The zero-order valence-electron chi connectivity index (χ0n) is 12.1. The number of rotatable bonds is 4. The molecule has 0 amide bonds. The fourth-order valence-electron chi connectivity index (χ4n) is 3.09. The topological polar surface area (TPSA) is 63.6 Å². The standard InChI is InChI=1S/C16H23NO3/c1-3-17-11-9-16(20,10-12-17)15(2,14(18)19)13-7-5-4-6-8-13/h4-8,20H,3,9-12H2,1-2H3,(H,18,19)/p-1. The normalized spacial score (nSPS) is 22.1. The number of piperidine rings is 1. The molecule has 1 saturated heterocycles. The molecule has 0 bridgehead atoms. The first-order valence-electron chi connectivity index (χ1n) is 7.16. The fraction of sp³-hybridized carbons (Fsp3) is 0.562. The van der Waals surface area contributed by atoms with Crippen LogP contribution in [0.25, 0.3) is 0 Å². The number of likely N-dealkylation sites (tertiary alicyclic amines) is 1. The van der Waals surface area contributed by atoms with Gasteiger partial charge in [0.2, 0.25) is 0 Å². The summed E-state index contributed by atoms with van der Waals surface area (Å²) >= 11 is 0. The van der Waals surface area contributed by atoms with Crippen LogP contribution in [-0.4, -0.2) is 41.2 Å². The summed E-state index contributed by atoms with van der Waals surface area (Å²) in [5.41, 5.74) is -2.04. The van der Waals surface area contributed by atoms with Crippen molar-refractivity contribution in [3.05, 3.63) is 35.9 Å². The number of nitrogens with zero attached hydrogens (tertiary/aromatic N) is 1. The minimum Gasteiger partial charge on any atom is -0.549 e. The van der Waals surface area contributed by atoms with Crippen molar-refractivity contribution in [2.24, 2.45) is 0 Å². The average Bonchev–Trinajstić information content (AvgIpc) is 2.47. The maximum atomic E-state index is 11.8. The number of hydrogen-bond donors (Lipinski definition) is 1. The molecule has 1 unspecified atom stereocenters. The van der Waals surface area contributed by atoms with Crippen molar-refractivity contribution in [2.75, 3.05) is 19.6 Å². The van der Waals surface area contributed by atoms with Crippen LogP contribution in [0, 0.1) is 0 Å². The third-order valence-corrected chi connectivity index (χ3v) is 4.82. The van der Waals surface area contributed by atoms with Crippen molar-refractivity contribution in [3.63, 3.8) is 0 Å². The van der Waals surface area contributed by atoms with Crippen molar-refractivity contribution in [2.45, 2.75) is 37.7 Å². The second kappa shape index (κ2) is 5.54. The van der Waals surface area contributed by atoms with E-state index in [0.29, 0.717) is 31.5 Å². The maximum absolute atomic E-state index is 11.8. The minimum atomic E-state index is -1.38. The molecule has 0 radical (unpaired) electrons. The Bertz CT molecular complexity index is 466. The number of aliphatic carboxylic acids is 1. The maximum Gasteiger partial charge on any atom is 0.0817 e. The Kier molecular flexibility index (Phi) is 4.16. The van der Waals surface area contributed by atoms with Gasteiger partial charge in [-0.25, -0.2) is 0 Å². The highest BCUT2D eigenvalue weighted by atomic mass is 16.4. The lowest BCUT2D eigenvalue weighted by atomic mass is 9.64. The second-order valence-corrected chi connectivity index (χ2v) is 5.74. The van der Waals surface area contributed by atoms with Gasteiger partial charge in [-0.2, -0.15) is 0 Å². The van der Waals surface area contributed by atoms with Crippen molar-refractivity contribution < 1.29 is 15.0 Å². The van der Waals surface area contributed by atoms with Crippen LogP contribution in [0.3, 0.4) is 0 Å². The van der Waals surface area contributed by atoms with Crippen LogP contribution in [0.2, 0.25) is 0 Å². The highest BCUT2D eigenvalue weighted by molar-refractivity contribution is 5.81. The van der Waals surface area contributed by atoms with E-state index in [1.807, 2.05) is 6.07 Å². The highest BCUT2D eigenvalue weighted by Crippen LogP contribution is 2.41. The summed E-state index contributed by atoms with van der Waals surface area (Å²) < 4.78 is 0. The molecule has 0 aliphatic carbocycles. The van der Waals surface area contributed by atoms with Crippen molar-refractivity contribution in [1.82, 2.24) is 4.90 Å². The van der Waals surface area contributed by atoms with Crippen molar-refractivity contribution in [1.29, 1.82) is 0 Å². The Hall–Kier alpha value is -1.39. The highest BCUT2D eigenvalue weighted by Gasteiger charge is 2.50. The molecule has 1 N–H and O–H groups in total. The summed E-state index contributed by atoms with van der Waals surface area (Å²) in [6.45, 7) is 5.99. The van der Waals surface area contributed by atoms with E-state index in [-0.39, 0.29) is 0 Å². The first-order valence-corrected chi connectivity index (χ1v) is 7.16. The predicted octanol–water partition coefficient (Wildman–Crippen LogP) is 0.541. The summed E-state index contributed by atoms with van der Waals surface area (Å²) in [7, 11) is 0. The van der Waals surface area contributed by atoms with E-state index in [0.717, 1.165) is 6.54 Å². The summed E-state index contributed by atoms with van der Waals surface area (Å²) in [5, 5.41) is 22.8. The van der Waals surface area contributed by atoms with Gasteiger partial charge in [0.05, 0.1) is 17.0 Å². The van der Waals surface area contributed by atoms with E-state index in [1.165, 1.54) is 0 Å². The van der Waals surface area contributed by atoms with Gasteiger partial charge in [0.15, 0.2) is 0 Å². The number of carboxylic acid groups (broad SMARTS) is 1. The molecule has 0 spiro atoms. The molecule has 0 aromatic heterocycles. The lowest BCUT2D eigenvalue weighted by molar-refractivity contribution is -0.321. The average molecular weight is 276 g/mol. The molecule has 1 atom stereocenters. The van der Waals surface area contributed by atoms with Gasteiger partial charge in [0.1, 0.15) is 0 Å². The molecular weight excluding hydrogens is 254 g/mol. The zero-order chi connectivity index (χ0) is 14.8. The Labute approximate surface area is 120 Å². The monoisotopic (exact) mass is 276 g/mol. The summed E-state index contributed by atoms with van der Waals surface area (Å²) in [5.74, 6) is -1.21. The zero-order valence-corrected chi connectivity index (χ0v) is 12.1. The molecule has 1 heterocycles. The van der Waals surface area contributed by atoms with Crippen LogP contribution in [0.1, 0.15) is 32.3 Å². The molecule has 2 rings (SSSR count). The number of carboxylic acids is 1. The van der Waals surface area contributed by atoms with Gasteiger partial charge >= 0.3 is 0 Å². The van der Waals surface area contributed by atoms with Crippen LogP contribution in [0.4, 0.5) is 0 Å². The van der Waals surface area contributed by atoms with Gasteiger partial charge in [-0.1, -0.05) is 37.3 Å². The van der Waals surface area contributed by atoms with Crippen molar-refractivity contribution >= 4 is 5.97 Å². The lowest BCUT2D eigenvalue weighted by Gasteiger charge is -2.50. The van der Waals surface area contributed by atoms with Crippen LogP contribution in [0.5, 0.6) is 0 Å².